The van der Waals surface area contributed by atoms with E-state index in [-0.39, 0.29) is 19.8 Å². The van der Waals surface area contributed by atoms with E-state index in [1.807, 2.05) is 0 Å². The zero-order valence-electron chi connectivity index (χ0n) is 15.7. The first-order valence-electron chi connectivity index (χ1n) is 8.79. The van der Waals surface area contributed by atoms with Crippen LogP contribution in [0.1, 0.15) is 0 Å². The topological polar surface area (TPSA) is 185 Å². The van der Waals surface area contributed by atoms with Crippen molar-refractivity contribution in [3.8, 4) is 0 Å². The van der Waals surface area contributed by atoms with Gasteiger partial charge in [-0.2, -0.15) is 0 Å². The zero-order chi connectivity index (χ0) is 22.4. The molecule has 0 bridgehead atoms. The first kappa shape index (κ1) is 22.1. The molecular weight excluding hydrogens is 432 g/mol. The Balaban J connectivity index is 1.49. The first-order chi connectivity index (χ1) is 14.8. The van der Waals surface area contributed by atoms with Crippen molar-refractivity contribution in [1.82, 2.24) is 0 Å². The summed E-state index contributed by atoms with van der Waals surface area (Å²) in [6, 6.07) is 0. The van der Waals surface area contributed by atoms with Crippen molar-refractivity contribution < 1.29 is 71.4 Å². The van der Waals surface area contributed by atoms with E-state index in [0.29, 0.717) is 0 Å². The minimum absolute atomic E-state index is 0.258. The maximum atomic E-state index is 12.1. The van der Waals surface area contributed by atoms with Gasteiger partial charge < -0.3 is 42.6 Å². The molecule has 170 valence electrons. The second kappa shape index (κ2) is 9.92. The van der Waals surface area contributed by atoms with Gasteiger partial charge in [0.05, 0.1) is 6.61 Å². The van der Waals surface area contributed by atoms with Crippen molar-refractivity contribution in [2.75, 3.05) is 39.6 Å². The molecule has 3 fully saturated rings. The van der Waals surface area contributed by atoms with Crippen LogP contribution in [0.15, 0.2) is 0 Å². The largest absolute Gasteiger partial charge is 0.509 e. The fourth-order valence-corrected chi connectivity index (χ4v) is 2.38. The van der Waals surface area contributed by atoms with Crippen molar-refractivity contribution in [2.45, 2.75) is 24.4 Å². The highest BCUT2D eigenvalue weighted by atomic mass is 16.8. The Hall–Kier alpha value is -3.62. The minimum atomic E-state index is -1.33. The Morgan fingerprint density at radius 2 is 1.29 bits per heavy atom. The number of carbonyl (C=O) groups excluding carboxylic acids is 6. The number of cyclic esters (lactones) is 6. The summed E-state index contributed by atoms with van der Waals surface area (Å²) in [7, 11) is 0. The molecule has 0 spiro atoms. The Morgan fingerprint density at radius 1 is 0.774 bits per heavy atom. The highest BCUT2D eigenvalue weighted by Gasteiger charge is 2.37. The van der Waals surface area contributed by atoms with E-state index in [9.17, 15) is 28.8 Å². The fourth-order valence-electron chi connectivity index (χ4n) is 2.38. The molecule has 3 aliphatic heterocycles. The van der Waals surface area contributed by atoms with Gasteiger partial charge >= 0.3 is 30.4 Å². The highest BCUT2D eigenvalue weighted by Crippen LogP contribution is 2.12. The van der Waals surface area contributed by atoms with Crippen molar-refractivity contribution in [3.05, 3.63) is 0 Å². The SMILES string of the molecule is O=C1OCC(C(=O)COCC(COC(=O)C2COC(=O)O2)OC(=O)C2COC(=O)O2)O1. The Kier molecular flexibility index (Phi) is 7.07. The molecule has 0 radical (unpaired) electrons. The minimum Gasteiger partial charge on any atom is -0.459 e. The van der Waals surface area contributed by atoms with E-state index < -0.39 is 80.4 Å². The third kappa shape index (κ3) is 6.18. The van der Waals surface area contributed by atoms with Gasteiger partial charge in [-0.25, -0.2) is 24.0 Å². The lowest BCUT2D eigenvalue weighted by atomic mass is 10.2. The molecule has 0 amide bonds. The smallest absolute Gasteiger partial charge is 0.459 e. The van der Waals surface area contributed by atoms with Crippen LogP contribution in [0.2, 0.25) is 0 Å². The number of Topliss-reactive ketones (excluding diaryl/α,β-unsaturated/α-hetero) is 1. The van der Waals surface area contributed by atoms with Crippen molar-refractivity contribution in [1.29, 1.82) is 0 Å². The molecule has 4 unspecified atom stereocenters. The molecule has 3 saturated heterocycles. The summed E-state index contributed by atoms with van der Waals surface area (Å²) < 4.78 is 42.4. The molecule has 0 aromatic carbocycles. The van der Waals surface area contributed by atoms with Gasteiger partial charge in [-0.3, -0.25) is 4.79 Å². The average Bonchev–Trinajstić information content (AvgIpc) is 3.47. The van der Waals surface area contributed by atoms with Gasteiger partial charge in [0.25, 0.3) is 0 Å². The van der Waals surface area contributed by atoms with Crippen LogP contribution >= 0.6 is 0 Å². The van der Waals surface area contributed by atoms with Gasteiger partial charge in [0.1, 0.15) is 33.0 Å². The maximum absolute atomic E-state index is 12.1. The van der Waals surface area contributed by atoms with Gasteiger partial charge in [0.15, 0.2) is 12.2 Å². The maximum Gasteiger partial charge on any atom is 0.509 e. The van der Waals surface area contributed by atoms with E-state index in [2.05, 4.69) is 28.4 Å². The monoisotopic (exact) mass is 448 g/mol. The Labute approximate surface area is 172 Å². The normalized spacial score (nSPS) is 25.3. The second-order valence-corrected chi connectivity index (χ2v) is 6.17. The zero-order valence-corrected chi connectivity index (χ0v) is 15.7. The summed E-state index contributed by atoms with van der Waals surface area (Å²) in [6.45, 7) is -2.47. The Bertz CT molecular complexity index is 760. The van der Waals surface area contributed by atoms with E-state index in [1.54, 1.807) is 0 Å². The van der Waals surface area contributed by atoms with Crippen molar-refractivity contribution in [2.24, 2.45) is 0 Å². The van der Waals surface area contributed by atoms with Crippen LogP contribution in [0.5, 0.6) is 0 Å². The molecule has 3 rings (SSSR count). The lowest BCUT2D eigenvalue weighted by Gasteiger charge is -2.19. The van der Waals surface area contributed by atoms with E-state index in [1.165, 1.54) is 0 Å². The summed E-state index contributed by atoms with van der Waals surface area (Å²) >= 11 is 0. The molecule has 0 aromatic heterocycles. The van der Waals surface area contributed by atoms with Crippen molar-refractivity contribution >= 4 is 36.2 Å². The van der Waals surface area contributed by atoms with E-state index in [0.717, 1.165) is 0 Å². The lowest BCUT2D eigenvalue weighted by molar-refractivity contribution is -0.171. The van der Waals surface area contributed by atoms with Gasteiger partial charge in [0, 0.05) is 0 Å². The van der Waals surface area contributed by atoms with Crippen LogP contribution < -0.4 is 0 Å². The molecule has 15 heteroatoms. The molecule has 31 heavy (non-hydrogen) atoms. The summed E-state index contributed by atoms with van der Waals surface area (Å²) in [5.41, 5.74) is 0. The second-order valence-electron chi connectivity index (χ2n) is 6.17. The first-order valence-corrected chi connectivity index (χ1v) is 8.79. The number of rotatable bonds is 10. The van der Waals surface area contributed by atoms with Crippen LogP contribution in [0.4, 0.5) is 14.4 Å². The summed E-state index contributed by atoms with van der Waals surface area (Å²) in [6.07, 6.45) is -8.04. The van der Waals surface area contributed by atoms with Gasteiger partial charge in [-0.05, 0) is 0 Å². The fraction of sp³-hybridized carbons (Fsp3) is 0.625. The highest BCUT2D eigenvalue weighted by molar-refractivity contribution is 5.87. The van der Waals surface area contributed by atoms with E-state index in [4.69, 9.17) is 14.2 Å². The molecule has 3 aliphatic rings. The lowest BCUT2D eigenvalue weighted by Crippen LogP contribution is -2.37. The number of ketones is 1. The molecule has 3 heterocycles. The number of carbonyl (C=O) groups is 6. The van der Waals surface area contributed by atoms with Gasteiger partial charge in [-0.15, -0.1) is 0 Å². The average molecular weight is 448 g/mol. The molecule has 4 atom stereocenters. The standard InChI is InChI=1S/C16H16O15/c17-8(9-4-25-14(20)29-9)3-23-1-7(28-13(19)11-6-27-16(22)31-11)2-24-12(18)10-5-26-15(21)30-10/h7,9-11H,1-6H2. The van der Waals surface area contributed by atoms with Gasteiger partial charge in [-0.1, -0.05) is 0 Å². The van der Waals surface area contributed by atoms with Gasteiger partial charge in [0.2, 0.25) is 18.0 Å². The quantitative estimate of drug-likeness (QED) is 0.281. The predicted octanol–water partition coefficient (Wildman–Crippen LogP) is -1.37. The molecule has 0 aromatic rings. The number of esters is 2. The number of hydrogen-bond acceptors (Lipinski definition) is 15. The van der Waals surface area contributed by atoms with Crippen LogP contribution in [0, 0.1) is 0 Å². The third-order valence-electron chi connectivity index (χ3n) is 3.90. The summed E-state index contributed by atoms with van der Waals surface area (Å²) in [5.74, 6) is -2.58. The molecule has 15 nitrogen and oxygen atoms in total. The third-order valence-corrected chi connectivity index (χ3v) is 3.90. The molecule has 0 saturated carbocycles. The molecule has 0 N–H and O–H groups in total. The van der Waals surface area contributed by atoms with Crippen molar-refractivity contribution in [3.63, 3.8) is 0 Å². The number of ether oxygens (including phenoxy) is 9. The van der Waals surface area contributed by atoms with Crippen LogP contribution in [-0.4, -0.2) is 100 Å². The Morgan fingerprint density at radius 3 is 1.81 bits per heavy atom. The predicted molar refractivity (Wildman–Crippen MR) is 85.3 cm³/mol. The molecule has 0 aliphatic carbocycles. The number of hydrogen-bond donors (Lipinski definition) is 0. The van der Waals surface area contributed by atoms with Crippen LogP contribution in [0.3, 0.4) is 0 Å². The molecular formula is C16H16O15. The van der Waals surface area contributed by atoms with E-state index >= 15 is 0 Å². The summed E-state index contributed by atoms with van der Waals surface area (Å²) in [4.78, 5) is 68.6. The van der Waals surface area contributed by atoms with Crippen LogP contribution in [0.25, 0.3) is 0 Å². The summed E-state index contributed by atoms with van der Waals surface area (Å²) in [5, 5.41) is 0. The van der Waals surface area contributed by atoms with Crippen LogP contribution in [-0.2, 0) is 57.0 Å².